The summed E-state index contributed by atoms with van der Waals surface area (Å²) in [7, 11) is 0. The molecular formula is C14H11ClN4O2S. The van der Waals surface area contributed by atoms with E-state index in [-0.39, 0.29) is 17.9 Å². The van der Waals surface area contributed by atoms with Crippen molar-refractivity contribution in [1.82, 2.24) is 14.8 Å². The maximum Gasteiger partial charge on any atom is 0.246 e. The first-order chi connectivity index (χ1) is 10.5. The molecule has 1 aromatic carbocycles. The highest BCUT2D eigenvalue weighted by atomic mass is 35.5. The summed E-state index contributed by atoms with van der Waals surface area (Å²) < 4.78 is 1.69. The third-order valence-electron chi connectivity index (χ3n) is 3.03. The number of fused-ring (bicyclic) bond motifs is 1. The van der Waals surface area contributed by atoms with Gasteiger partial charge < -0.3 is 4.57 Å². The predicted molar refractivity (Wildman–Crippen MR) is 86.5 cm³/mol. The first-order valence-electron chi connectivity index (χ1n) is 6.41. The van der Waals surface area contributed by atoms with E-state index in [1.807, 2.05) is 6.92 Å². The smallest absolute Gasteiger partial charge is 0.246 e. The van der Waals surface area contributed by atoms with Gasteiger partial charge in [-0.25, -0.2) is 0 Å². The Morgan fingerprint density at radius 3 is 2.91 bits per heavy atom. The standard InChI is InChI=1S/C14H11ClN4O2S/c1-8-17-18-14(22-8)16-13(21)7-19-5-4-12(20)10-6-9(15)2-3-11(10)19/h2-6H,7H2,1H3,(H,16,18,21). The zero-order valence-corrected chi connectivity index (χ0v) is 13.1. The summed E-state index contributed by atoms with van der Waals surface area (Å²) in [4.78, 5) is 24.0. The van der Waals surface area contributed by atoms with Crippen LogP contribution < -0.4 is 10.7 Å². The average molecular weight is 335 g/mol. The lowest BCUT2D eigenvalue weighted by Crippen LogP contribution is -2.20. The zero-order valence-electron chi connectivity index (χ0n) is 11.5. The molecule has 2 aromatic heterocycles. The second kappa shape index (κ2) is 5.86. The number of hydrogen-bond donors (Lipinski definition) is 1. The summed E-state index contributed by atoms with van der Waals surface area (Å²) in [5.41, 5.74) is 0.523. The number of pyridine rings is 1. The molecule has 8 heteroatoms. The number of aryl methyl sites for hydroxylation is 1. The van der Waals surface area contributed by atoms with Gasteiger partial charge in [-0.2, -0.15) is 0 Å². The van der Waals surface area contributed by atoms with E-state index in [2.05, 4.69) is 15.5 Å². The molecule has 0 atom stereocenters. The third kappa shape index (κ3) is 3.00. The molecule has 0 saturated carbocycles. The highest BCUT2D eigenvalue weighted by Gasteiger charge is 2.10. The maximum atomic E-state index is 12.1. The van der Waals surface area contributed by atoms with Crippen molar-refractivity contribution in [2.45, 2.75) is 13.5 Å². The second-order valence-electron chi connectivity index (χ2n) is 4.64. The van der Waals surface area contributed by atoms with Crippen LogP contribution in [0.5, 0.6) is 0 Å². The molecule has 0 aliphatic heterocycles. The van der Waals surface area contributed by atoms with Crippen LogP contribution in [0.25, 0.3) is 10.9 Å². The van der Waals surface area contributed by atoms with Gasteiger partial charge in [0.05, 0.1) is 5.52 Å². The Morgan fingerprint density at radius 2 is 2.18 bits per heavy atom. The van der Waals surface area contributed by atoms with Crippen LogP contribution in [-0.2, 0) is 11.3 Å². The lowest BCUT2D eigenvalue weighted by Gasteiger charge is -2.10. The SMILES string of the molecule is Cc1nnc(NC(=O)Cn2ccc(=O)c3cc(Cl)ccc32)s1. The Hall–Kier alpha value is -2.25. The molecule has 0 spiro atoms. The molecule has 3 aromatic rings. The number of amides is 1. The maximum absolute atomic E-state index is 12.1. The van der Waals surface area contributed by atoms with E-state index in [4.69, 9.17) is 11.6 Å². The minimum atomic E-state index is -0.240. The van der Waals surface area contributed by atoms with Gasteiger partial charge in [0.25, 0.3) is 0 Å². The van der Waals surface area contributed by atoms with Crippen LogP contribution in [0.4, 0.5) is 5.13 Å². The largest absolute Gasteiger partial charge is 0.338 e. The minimum Gasteiger partial charge on any atom is -0.338 e. The Kier molecular flexibility index (Phi) is 3.91. The summed E-state index contributed by atoms with van der Waals surface area (Å²) in [5.74, 6) is -0.240. The molecule has 0 aliphatic carbocycles. The van der Waals surface area contributed by atoms with Gasteiger partial charge in [-0.05, 0) is 25.1 Å². The number of nitrogens with one attached hydrogen (secondary N) is 1. The summed E-state index contributed by atoms with van der Waals surface area (Å²) in [6, 6.07) is 6.43. The molecule has 22 heavy (non-hydrogen) atoms. The monoisotopic (exact) mass is 334 g/mol. The number of benzene rings is 1. The molecule has 1 N–H and O–H groups in total. The first-order valence-corrected chi connectivity index (χ1v) is 7.61. The second-order valence-corrected chi connectivity index (χ2v) is 6.26. The Morgan fingerprint density at radius 1 is 1.36 bits per heavy atom. The Balaban J connectivity index is 1.89. The Bertz CT molecular complexity index is 919. The number of halogens is 1. The summed E-state index contributed by atoms with van der Waals surface area (Å²) >= 11 is 7.22. The van der Waals surface area contributed by atoms with Crippen molar-refractivity contribution in [2.24, 2.45) is 0 Å². The van der Waals surface area contributed by atoms with Crippen molar-refractivity contribution in [3.05, 3.63) is 50.7 Å². The molecule has 0 unspecified atom stereocenters. The molecule has 2 heterocycles. The van der Waals surface area contributed by atoms with E-state index in [9.17, 15) is 9.59 Å². The zero-order chi connectivity index (χ0) is 15.7. The first kappa shape index (κ1) is 14.7. The summed E-state index contributed by atoms with van der Waals surface area (Å²) in [6.45, 7) is 1.88. The van der Waals surface area contributed by atoms with Gasteiger partial charge in [-0.3, -0.25) is 14.9 Å². The van der Waals surface area contributed by atoms with E-state index in [1.54, 1.807) is 29.0 Å². The van der Waals surface area contributed by atoms with Gasteiger partial charge in [0, 0.05) is 22.7 Å². The number of carbonyl (C=O) groups excluding carboxylic acids is 1. The predicted octanol–water partition coefficient (Wildman–Crippen LogP) is 2.45. The molecule has 3 rings (SSSR count). The molecule has 0 radical (unpaired) electrons. The lowest BCUT2D eigenvalue weighted by atomic mass is 10.2. The van der Waals surface area contributed by atoms with Crippen LogP contribution in [-0.4, -0.2) is 20.7 Å². The number of rotatable bonds is 3. The van der Waals surface area contributed by atoms with E-state index >= 15 is 0 Å². The average Bonchev–Trinajstić information content (AvgIpc) is 2.87. The van der Waals surface area contributed by atoms with Crippen molar-refractivity contribution in [3.8, 4) is 0 Å². The van der Waals surface area contributed by atoms with Gasteiger partial charge in [-0.1, -0.05) is 22.9 Å². The van der Waals surface area contributed by atoms with Crippen molar-refractivity contribution >= 4 is 44.9 Å². The van der Waals surface area contributed by atoms with E-state index in [1.165, 1.54) is 17.4 Å². The van der Waals surface area contributed by atoms with Gasteiger partial charge in [-0.15, -0.1) is 10.2 Å². The van der Waals surface area contributed by atoms with E-state index in [0.29, 0.717) is 21.1 Å². The number of nitrogens with zero attached hydrogens (tertiary/aromatic N) is 3. The van der Waals surface area contributed by atoms with Gasteiger partial charge in [0.2, 0.25) is 11.0 Å². The van der Waals surface area contributed by atoms with E-state index in [0.717, 1.165) is 5.01 Å². The highest BCUT2D eigenvalue weighted by molar-refractivity contribution is 7.15. The van der Waals surface area contributed by atoms with Crippen LogP contribution in [0, 0.1) is 6.92 Å². The van der Waals surface area contributed by atoms with Gasteiger partial charge >= 0.3 is 0 Å². The molecule has 0 saturated heterocycles. The van der Waals surface area contributed by atoms with Crippen LogP contribution in [0.15, 0.2) is 35.3 Å². The van der Waals surface area contributed by atoms with Crippen LogP contribution >= 0.6 is 22.9 Å². The normalized spacial score (nSPS) is 10.8. The van der Waals surface area contributed by atoms with E-state index < -0.39 is 0 Å². The molecule has 6 nitrogen and oxygen atoms in total. The molecule has 0 bridgehead atoms. The molecule has 0 aliphatic rings. The summed E-state index contributed by atoms with van der Waals surface area (Å²) in [5, 5.41) is 12.6. The topological polar surface area (TPSA) is 76.9 Å². The van der Waals surface area contributed by atoms with Gasteiger partial charge in [0.1, 0.15) is 11.6 Å². The van der Waals surface area contributed by atoms with Crippen molar-refractivity contribution in [2.75, 3.05) is 5.32 Å². The fourth-order valence-electron chi connectivity index (χ4n) is 2.08. The van der Waals surface area contributed by atoms with Crippen LogP contribution in [0.2, 0.25) is 5.02 Å². The van der Waals surface area contributed by atoms with Crippen molar-refractivity contribution in [1.29, 1.82) is 0 Å². The highest BCUT2D eigenvalue weighted by Crippen LogP contribution is 2.17. The number of hydrogen-bond acceptors (Lipinski definition) is 5. The quantitative estimate of drug-likeness (QED) is 0.798. The lowest BCUT2D eigenvalue weighted by molar-refractivity contribution is -0.116. The number of anilines is 1. The van der Waals surface area contributed by atoms with Crippen molar-refractivity contribution in [3.63, 3.8) is 0 Å². The van der Waals surface area contributed by atoms with Crippen LogP contribution in [0.3, 0.4) is 0 Å². The molecule has 0 fully saturated rings. The number of carbonyl (C=O) groups is 1. The molecule has 1 amide bonds. The molecular weight excluding hydrogens is 324 g/mol. The molecule has 112 valence electrons. The summed E-state index contributed by atoms with van der Waals surface area (Å²) in [6.07, 6.45) is 1.59. The van der Waals surface area contributed by atoms with Crippen molar-refractivity contribution < 1.29 is 4.79 Å². The fraction of sp³-hybridized carbons (Fsp3) is 0.143. The fourth-order valence-corrected chi connectivity index (χ4v) is 2.86. The van der Waals surface area contributed by atoms with Gasteiger partial charge in [0.15, 0.2) is 5.43 Å². The third-order valence-corrected chi connectivity index (χ3v) is 4.01. The number of aromatic nitrogens is 3. The Labute approximate surface area is 134 Å². The van der Waals surface area contributed by atoms with Crippen LogP contribution in [0.1, 0.15) is 5.01 Å². The minimum absolute atomic E-state index is 0.0665.